The molecule has 0 saturated heterocycles. The highest BCUT2D eigenvalue weighted by Gasteiger charge is 2.07. The number of hydrogen-bond donors (Lipinski definition) is 1. The fourth-order valence-corrected chi connectivity index (χ4v) is 0.616. The van der Waals surface area contributed by atoms with Crippen LogP contribution in [0.4, 0.5) is 0 Å². The highest BCUT2D eigenvalue weighted by atomic mass is 79.9. The normalized spacial score (nSPS) is 13.4. The highest BCUT2D eigenvalue weighted by molar-refractivity contribution is 9.18. The highest BCUT2D eigenvalue weighted by Crippen LogP contribution is 2.00. The topological polar surface area (TPSA) is 37.3 Å². The van der Waals surface area contributed by atoms with Crippen molar-refractivity contribution in [2.75, 3.05) is 0 Å². The summed E-state index contributed by atoms with van der Waals surface area (Å²) in [4.78, 5) is 10.2. The van der Waals surface area contributed by atoms with E-state index >= 15 is 0 Å². The van der Waals surface area contributed by atoms with Gasteiger partial charge in [0.05, 0.1) is 0 Å². The smallest absolute Gasteiger partial charge is 0.226 e. The van der Waals surface area contributed by atoms with E-state index in [2.05, 4.69) is 15.9 Å². The van der Waals surface area contributed by atoms with Crippen LogP contribution in [0.25, 0.3) is 0 Å². The molecular formula is C5H9BrO2. The first-order valence-corrected chi connectivity index (χ1v) is 3.35. The zero-order valence-corrected chi connectivity index (χ0v) is 6.31. The molecule has 0 aliphatic rings. The van der Waals surface area contributed by atoms with Gasteiger partial charge in [-0.15, -0.1) is 0 Å². The molecule has 0 aliphatic heterocycles. The molecule has 0 bridgehead atoms. The lowest BCUT2D eigenvalue weighted by Crippen LogP contribution is -2.12. The Labute approximate surface area is 57.0 Å². The van der Waals surface area contributed by atoms with E-state index in [1.54, 1.807) is 0 Å². The van der Waals surface area contributed by atoms with Crippen LogP contribution in [0.15, 0.2) is 0 Å². The quantitative estimate of drug-likeness (QED) is 0.661. The predicted octanol–water partition coefficient (Wildman–Crippen LogP) is 1.07. The molecule has 1 atom stereocenters. The first kappa shape index (κ1) is 8.11. The van der Waals surface area contributed by atoms with Gasteiger partial charge in [-0.3, -0.25) is 4.79 Å². The molecule has 8 heavy (non-hydrogen) atoms. The number of rotatable bonds is 3. The lowest BCUT2D eigenvalue weighted by Gasteiger charge is -1.99. The van der Waals surface area contributed by atoms with Crippen LogP contribution in [-0.4, -0.2) is 15.9 Å². The van der Waals surface area contributed by atoms with E-state index in [0.29, 0.717) is 6.42 Å². The second kappa shape index (κ2) is 4.04. The summed E-state index contributed by atoms with van der Waals surface area (Å²) in [5.41, 5.74) is 0. The lowest BCUT2D eigenvalue weighted by atomic mass is 10.2. The Balaban J connectivity index is 3.32. The first-order valence-electron chi connectivity index (χ1n) is 2.56. The average Bonchev–Trinajstić information content (AvgIpc) is 1.67. The fourth-order valence-electron chi connectivity index (χ4n) is 0.387. The first-order chi connectivity index (χ1) is 3.68. The third-order valence-electron chi connectivity index (χ3n) is 0.824. The van der Waals surface area contributed by atoms with E-state index in [4.69, 9.17) is 5.11 Å². The Hall–Kier alpha value is 0.110. The van der Waals surface area contributed by atoms with Gasteiger partial charge in [0.1, 0.15) is 6.10 Å². The maximum absolute atomic E-state index is 10.2. The van der Waals surface area contributed by atoms with Gasteiger partial charge in [0.15, 0.2) is 0 Å². The van der Waals surface area contributed by atoms with Crippen molar-refractivity contribution in [3.63, 3.8) is 0 Å². The number of carbonyl (C=O) groups is 1. The third kappa shape index (κ3) is 3.16. The van der Waals surface area contributed by atoms with Crippen LogP contribution in [0.3, 0.4) is 0 Å². The number of aliphatic hydroxyl groups excluding tert-OH is 1. The largest absolute Gasteiger partial charge is 0.384 e. The molecule has 0 saturated carbocycles. The molecular weight excluding hydrogens is 172 g/mol. The maximum atomic E-state index is 10.2. The summed E-state index contributed by atoms with van der Waals surface area (Å²) in [7, 11) is 0. The second-order valence-corrected chi connectivity index (χ2v) is 2.39. The van der Waals surface area contributed by atoms with Crippen molar-refractivity contribution < 1.29 is 9.90 Å². The molecule has 3 heteroatoms. The van der Waals surface area contributed by atoms with E-state index in [9.17, 15) is 4.79 Å². The predicted molar refractivity (Wildman–Crippen MR) is 34.8 cm³/mol. The molecule has 1 unspecified atom stereocenters. The van der Waals surface area contributed by atoms with Crippen molar-refractivity contribution in [1.82, 2.24) is 0 Å². The minimum absolute atomic E-state index is 0.320. The van der Waals surface area contributed by atoms with Gasteiger partial charge >= 0.3 is 0 Å². The molecule has 0 fully saturated rings. The van der Waals surface area contributed by atoms with Crippen LogP contribution in [-0.2, 0) is 4.79 Å². The van der Waals surface area contributed by atoms with Crippen molar-refractivity contribution >= 4 is 20.6 Å². The molecule has 0 aromatic heterocycles. The minimum Gasteiger partial charge on any atom is -0.384 e. The van der Waals surface area contributed by atoms with Crippen molar-refractivity contribution in [2.24, 2.45) is 0 Å². The molecule has 0 heterocycles. The number of aliphatic hydroxyl groups is 1. The summed E-state index contributed by atoms with van der Waals surface area (Å²) in [6, 6.07) is 0. The summed E-state index contributed by atoms with van der Waals surface area (Å²) < 4.78 is -0.320. The van der Waals surface area contributed by atoms with Crippen molar-refractivity contribution in [3.05, 3.63) is 0 Å². The summed E-state index contributed by atoms with van der Waals surface area (Å²) >= 11 is 2.65. The van der Waals surface area contributed by atoms with E-state index in [-0.39, 0.29) is 4.69 Å². The van der Waals surface area contributed by atoms with E-state index < -0.39 is 6.10 Å². The molecule has 0 amide bonds. The number of halogens is 1. The Morgan fingerprint density at radius 3 is 2.50 bits per heavy atom. The Morgan fingerprint density at radius 1 is 1.88 bits per heavy atom. The standard InChI is InChI=1S/C5H9BrO2/c1-2-3-4(7)5(6)8/h4,7H,2-3H2,1H3. The molecule has 0 aromatic carbocycles. The zero-order valence-electron chi connectivity index (χ0n) is 4.72. The van der Waals surface area contributed by atoms with Crippen molar-refractivity contribution in [2.45, 2.75) is 25.9 Å². The van der Waals surface area contributed by atoms with Crippen LogP contribution >= 0.6 is 15.9 Å². The van der Waals surface area contributed by atoms with Crippen molar-refractivity contribution in [3.8, 4) is 0 Å². The SMILES string of the molecule is CCCC(O)C(=O)Br. The van der Waals surface area contributed by atoms with E-state index in [0.717, 1.165) is 6.42 Å². The van der Waals surface area contributed by atoms with Gasteiger partial charge in [-0.1, -0.05) is 13.3 Å². The molecule has 0 radical (unpaired) electrons. The second-order valence-electron chi connectivity index (χ2n) is 1.61. The van der Waals surface area contributed by atoms with Crippen LogP contribution < -0.4 is 0 Å². The zero-order chi connectivity index (χ0) is 6.57. The van der Waals surface area contributed by atoms with Crippen LogP contribution in [0.1, 0.15) is 19.8 Å². The van der Waals surface area contributed by atoms with Crippen LogP contribution in [0.5, 0.6) is 0 Å². The Kier molecular flexibility index (Phi) is 4.09. The average molecular weight is 181 g/mol. The fraction of sp³-hybridized carbons (Fsp3) is 0.800. The maximum Gasteiger partial charge on any atom is 0.226 e. The molecule has 1 N–H and O–H groups in total. The van der Waals surface area contributed by atoms with E-state index in [1.165, 1.54) is 0 Å². The van der Waals surface area contributed by atoms with Gasteiger partial charge in [-0.05, 0) is 22.4 Å². The number of carbonyl (C=O) groups excluding carboxylic acids is 1. The summed E-state index contributed by atoms with van der Waals surface area (Å²) in [6.07, 6.45) is 0.572. The molecule has 48 valence electrons. The molecule has 0 spiro atoms. The summed E-state index contributed by atoms with van der Waals surface area (Å²) in [5.74, 6) is 0. The molecule has 2 nitrogen and oxygen atoms in total. The summed E-state index contributed by atoms with van der Waals surface area (Å²) in [5, 5.41) is 8.73. The van der Waals surface area contributed by atoms with E-state index in [1.807, 2.05) is 6.92 Å². The molecule has 0 aromatic rings. The monoisotopic (exact) mass is 180 g/mol. The van der Waals surface area contributed by atoms with Gasteiger partial charge < -0.3 is 5.11 Å². The van der Waals surface area contributed by atoms with Gasteiger partial charge in [0.2, 0.25) is 4.69 Å². The van der Waals surface area contributed by atoms with Gasteiger partial charge in [0, 0.05) is 0 Å². The Morgan fingerprint density at radius 2 is 2.38 bits per heavy atom. The van der Waals surface area contributed by atoms with Gasteiger partial charge in [-0.25, -0.2) is 0 Å². The van der Waals surface area contributed by atoms with Gasteiger partial charge in [-0.2, -0.15) is 0 Å². The van der Waals surface area contributed by atoms with Crippen LogP contribution in [0.2, 0.25) is 0 Å². The summed E-state index contributed by atoms with van der Waals surface area (Å²) in [6.45, 7) is 1.92. The van der Waals surface area contributed by atoms with Crippen molar-refractivity contribution in [1.29, 1.82) is 0 Å². The molecule has 0 rings (SSSR count). The lowest BCUT2D eigenvalue weighted by molar-refractivity contribution is -0.117. The number of hydrogen-bond acceptors (Lipinski definition) is 2. The Bertz CT molecular complexity index is 82.5. The van der Waals surface area contributed by atoms with Crippen LogP contribution in [0, 0.1) is 0 Å². The minimum atomic E-state index is -0.806. The third-order valence-corrected chi connectivity index (χ3v) is 1.35. The molecule has 0 aliphatic carbocycles. The van der Waals surface area contributed by atoms with Gasteiger partial charge in [0.25, 0.3) is 0 Å².